The number of rotatable bonds is 4. The number of amides is 1. The highest BCUT2D eigenvalue weighted by Crippen LogP contribution is 2.53. The molecular weight excluding hydrogens is 346 g/mol. The number of thiophene rings is 1. The summed E-state index contributed by atoms with van der Waals surface area (Å²) in [5, 5.41) is 4.21. The number of carbonyl (C=O) groups is 2. The number of ether oxygens (including phenoxy) is 1. The molecule has 1 amide bonds. The van der Waals surface area contributed by atoms with Crippen molar-refractivity contribution in [3.8, 4) is 0 Å². The summed E-state index contributed by atoms with van der Waals surface area (Å²) in [5.74, 6) is 2.47. The molecule has 4 saturated carbocycles. The van der Waals surface area contributed by atoms with Gasteiger partial charge in [0.05, 0.1) is 0 Å². The predicted molar refractivity (Wildman–Crippen MR) is 101 cm³/mol. The Morgan fingerprint density at radius 3 is 2.42 bits per heavy atom. The minimum atomic E-state index is -0.411. The first-order valence-electron chi connectivity index (χ1n) is 9.61. The maximum atomic E-state index is 12.4. The van der Waals surface area contributed by atoms with E-state index in [1.165, 1.54) is 43.4 Å². The summed E-state index contributed by atoms with van der Waals surface area (Å²) < 4.78 is 6.33. The zero-order valence-electron chi connectivity index (χ0n) is 14.6. The maximum absolute atomic E-state index is 12.4. The van der Waals surface area contributed by atoms with Gasteiger partial charge in [-0.1, -0.05) is 18.2 Å². The van der Waals surface area contributed by atoms with E-state index in [1.54, 1.807) is 0 Å². The molecular formula is C21H23NO3S. The molecule has 0 spiro atoms. The second kappa shape index (κ2) is 6.38. The monoisotopic (exact) mass is 369 g/mol. The average molecular weight is 369 g/mol. The lowest BCUT2D eigenvalue weighted by molar-refractivity contribution is -0.128. The lowest BCUT2D eigenvalue weighted by Crippen LogP contribution is -2.56. The van der Waals surface area contributed by atoms with Crippen LogP contribution in [0.4, 0.5) is 0 Å². The van der Waals surface area contributed by atoms with E-state index in [2.05, 4.69) is 5.32 Å². The Kier molecular flexibility index (Phi) is 4.00. The van der Waals surface area contributed by atoms with Crippen molar-refractivity contribution in [2.45, 2.75) is 38.1 Å². The second-order valence-electron chi connectivity index (χ2n) is 8.25. The van der Waals surface area contributed by atoms with E-state index < -0.39 is 5.97 Å². The molecule has 1 N–H and O–H groups in total. The smallest absolute Gasteiger partial charge is 0.348 e. The van der Waals surface area contributed by atoms with Crippen LogP contribution in [0.1, 0.15) is 41.8 Å². The van der Waals surface area contributed by atoms with Crippen LogP contribution in [-0.4, -0.2) is 24.5 Å². The summed E-state index contributed by atoms with van der Waals surface area (Å²) in [6.07, 6.45) is 6.46. The van der Waals surface area contributed by atoms with Gasteiger partial charge in [0.2, 0.25) is 0 Å². The van der Waals surface area contributed by atoms with Gasteiger partial charge >= 0.3 is 5.97 Å². The number of esters is 1. The molecule has 1 heterocycles. The van der Waals surface area contributed by atoms with Crippen molar-refractivity contribution in [2.24, 2.45) is 23.7 Å². The molecule has 4 bridgehead atoms. The molecule has 2 aromatic rings. The zero-order valence-corrected chi connectivity index (χ0v) is 15.5. The largest absolute Gasteiger partial charge is 0.451 e. The number of fused-ring (bicyclic) bond motifs is 1. The number of hydrogen-bond donors (Lipinski definition) is 1. The molecule has 4 nitrogen and oxygen atoms in total. The van der Waals surface area contributed by atoms with Crippen LogP contribution in [0.2, 0.25) is 0 Å². The van der Waals surface area contributed by atoms with Crippen LogP contribution >= 0.6 is 11.3 Å². The molecule has 0 radical (unpaired) electrons. The quantitative estimate of drug-likeness (QED) is 0.829. The van der Waals surface area contributed by atoms with Crippen molar-refractivity contribution < 1.29 is 14.3 Å². The highest BCUT2D eigenvalue weighted by Gasteiger charge is 2.48. The third kappa shape index (κ3) is 2.92. The van der Waals surface area contributed by atoms with Crippen molar-refractivity contribution in [3.05, 3.63) is 35.2 Å². The topological polar surface area (TPSA) is 55.4 Å². The van der Waals surface area contributed by atoms with Crippen LogP contribution in [0.3, 0.4) is 0 Å². The Hall–Kier alpha value is -1.88. The second-order valence-corrected chi connectivity index (χ2v) is 9.33. The highest BCUT2D eigenvalue weighted by molar-refractivity contribution is 7.20. The van der Waals surface area contributed by atoms with Gasteiger partial charge in [0.1, 0.15) is 4.88 Å². The predicted octanol–water partition coefficient (Wildman–Crippen LogP) is 4.00. The van der Waals surface area contributed by atoms with Crippen LogP contribution in [0.15, 0.2) is 30.3 Å². The molecule has 4 aliphatic rings. The zero-order chi connectivity index (χ0) is 17.7. The fraction of sp³-hybridized carbons (Fsp3) is 0.524. The van der Waals surface area contributed by atoms with Crippen molar-refractivity contribution in [2.75, 3.05) is 6.61 Å². The van der Waals surface area contributed by atoms with Crippen molar-refractivity contribution >= 4 is 33.3 Å². The first kappa shape index (κ1) is 16.3. The van der Waals surface area contributed by atoms with E-state index >= 15 is 0 Å². The molecule has 136 valence electrons. The number of nitrogens with one attached hydrogen (secondary N) is 1. The fourth-order valence-corrected chi connectivity index (χ4v) is 6.63. The van der Waals surface area contributed by atoms with E-state index in [9.17, 15) is 9.59 Å². The van der Waals surface area contributed by atoms with Gasteiger partial charge in [0.25, 0.3) is 5.91 Å². The molecule has 26 heavy (non-hydrogen) atoms. The summed E-state index contributed by atoms with van der Waals surface area (Å²) in [5.41, 5.74) is 0. The fourth-order valence-electron chi connectivity index (χ4n) is 5.67. The molecule has 0 unspecified atom stereocenters. The molecule has 6 rings (SSSR count). The van der Waals surface area contributed by atoms with Crippen molar-refractivity contribution in [1.82, 2.24) is 5.32 Å². The van der Waals surface area contributed by atoms with Gasteiger partial charge in [-0.15, -0.1) is 11.3 Å². The lowest BCUT2D eigenvalue weighted by atomic mass is 9.54. The number of hydrogen-bond acceptors (Lipinski definition) is 4. The van der Waals surface area contributed by atoms with E-state index in [4.69, 9.17) is 4.74 Å². The van der Waals surface area contributed by atoms with Gasteiger partial charge in [-0.05, 0) is 73.3 Å². The molecule has 4 aliphatic carbocycles. The Bertz CT molecular complexity index is 797. The summed E-state index contributed by atoms with van der Waals surface area (Å²) >= 11 is 1.41. The van der Waals surface area contributed by atoms with Gasteiger partial charge in [-0.25, -0.2) is 4.79 Å². The SMILES string of the molecule is O=C(COC(=O)c1cc2ccccc2s1)NC1C2CC3CC(C2)CC1C3. The van der Waals surface area contributed by atoms with E-state index in [-0.39, 0.29) is 12.5 Å². The standard InChI is InChI=1S/C21H23NO3S/c23-19(22-20-15-6-12-5-13(8-15)9-16(20)7-12)11-25-21(24)18-10-14-3-1-2-4-17(14)26-18/h1-4,10,12-13,15-16,20H,5-9,11H2,(H,22,23). The van der Waals surface area contributed by atoms with Crippen LogP contribution in [-0.2, 0) is 9.53 Å². The Morgan fingerprint density at radius 1 is 1.04 bits per heavy atom. The first-order valence-corrected chi connectivity index (χ1v) is 10.4. The molecule has 0 atom stereocenters. The third-order valence-electron chi connectivity index (χ3n) is 6.52. The normalized spacial score (nSPS) is 31.9. The van der Waals surface area contributed by atoms with Crippen molar-refractivity contribution in [3.63, 3.8) is 0 Å². The van der Waals surface area contributed by atoms with E-state index in [0.29, 0.717) is 22.8 Å². The molecule has 5 heteroatoms. The molecule has 4 fully saturated rings. The van der Waals surface area contributed by atoms with Crippen LogP contribution in [0.25, 0.3) is 10.1 Å². The molecule has 0 saturated heterocycles. The van der Waals surface area contributed by atoms with Gasteiger partial charge in [-0.2, -0.15) is 0 Å². The minimum Gasteiger partial charge on any atom is -0.451 e. The summed E-state index contributed by atoms with van der Waals surface area (Å²) in [4.78, 5) is 25.2. The van der Waals surface area contributed by atoms with Crippen LogP contribution in [0.5, 0.6) is 0 Å². The van der Waals surface area contributed by atoms with Crippen LogP contribution < -0.4 is 5.32 Å². The Balaban J connectivity index is 1.18. The number of carbonyl (C=O) groups excluding carboxylic acids is 2. The van der Waals surface area contributed by atoms with E-state index in [0.717, 1.165) is 21.9 Å². The molecule has 0 aliphatic heterocycles. The van der Waals surface area contributed by atoms with Gasteiger partial charge in [-0.3, -0.25) is 4.79 Å². The highest BCUT2D eigenvalue weighted by atomic mass is 32.1. The molecule has 1 aromatic heterocycles. The third-order valence-corrected chi connectivity index (χ3v) is 7.61. The van der Waals surface area contributed by atoms with Crippen molar-refractivity contribution in [1.29, 1.82) is 0 Å². The van der Waals surface area contributed by atoms with Gasteiger partial charge in [0, 0.05) is 10.7 Å². The van der Waals surface area contributed by atoms with E-state index in [1.807, 2.05) is 30.3 Å². The number of benzene rings is 1. The van der Waals surface area contributed by atoms with Crippen LogP contribution in [0, 0.1) is 23.7 Å². The van der Waals surface area contributed by atoms with Gasteiger partial charge in [0.15, 0.2) is 6.61 Å². The summed E-state index contributed by atoms with van der Waals surface area (Å²) in [6.45, 7) is -0.185. The first-order chi connectivity index (χ1) is 12.7. The van der Waals surface area contributed by atoms with Gasteiger partial charge < -0.3 is 10.1 Å². The minimum absolute atomic E-state index is 0.156. The average Bonchev–Trinajstić information content (AvgIpc) is 3.06. The Morgan fingerprint density at radius 2 is 1.73 bits per heavy atom. The Labute approximate surface area is 156 Å². The summed E-state index contributed by atoms with van der Waals surface area (Å²) in [6, 6.07) is 9.98. The lowest BCUT2D eigenvalue weighted by Gasteiger charge is -2.54. The maximum Gasteiger partial charge on any atom is 0.348 e. The molecule has 1 aromatic carbocycles. The summed E-state index contributed by atoms with van der Waals surface area (Å²) in [7, 11) is 0.